The monoisotopic (exact) mass is 345 g/mol. The Morgan fingerprint density at radius 2 is 2.08 bits per heavy atom. The zero-order chi connectivity index (χ0) is 18.2. The van der Waals surface area contributed by atoms with Crippen molar-refractivity contribution in [2.45, 2.75) is 33.1 Å². The van der Waals surface area contributed by atoms with Crippen LogP contribution in [0.2, 0.25) is 0 Å². The van der Waals surface area contributed by atoms with Crippen LogP contribution in [0.3, 0.4) is 0 Å². The molecule has 132 valence electrons. The van der Waals surface area contributed by atoms with Crippen molar-refractivity contribution >= 4 is 5.97 Å². The molecule has 0 aliphatic heterocycles. The molecule has 0 N–H and O–H groups in total. The van der Waals surface area contributed by atoms with Crippen LogP contribution in [-0.4, -0.2) is 30.4 Å². The van der Waals surface area contributed by atoms with E-state index in [1.165, 1.54) is 14.2 Å². The van der Waals surface area contributed by atoms with Crippen LogP contribution in [0.4, 0.5) is 4.39 Å². The lowest BCUT2D eigenvalue weighted by Gasteiger charge is -2.10. The number of nitrogens with zero attached hydrogens (tertiary/aromatic N) is 3. The van der Waals surface area contributed by atoms with E-state index in [1.807, 2.05) is 13.0 Å². The second kappa shape index (κ2) is 8.83. The van der Waals surface area contributed by atoms with Gasteiger partial charge in [0.05, 0.1) is 12.7 Å². The zero-order valence-corrected chi connectivity index (χ0v) is 14.7. The summed E-state index contributed by atoms with van der Waals surface area (Å²) in [5.41, 5.74) is 1.67. The lowest BCUT2D eigenvalue weighted by Crippen LogP contribution is -2.01. The number of aromatic nitrogens is 2. The van der Waals surface area contributed by atoms with Gasteiger partial charge < -0.3 is 14.0 Å². The Hall–Kier alpha value is -2.88. The van der Waals surface area contributed by atoms with Crippen LogP contribution >= 0.6 is 0 Å². The van der Waals surface area contributed by atoms with Crippen molar-refractivity contribution in [3.05, 3.63) is 40.6 Å². The highest BCUT2D eigenvalue weighted by Gasteiger charge is 2.14. The van der Waals surface area contributed by atoms with Gasteiger partial charge in [0.2, 0.25) is 11.8 Å². The molecule has 0 spiro atoms. The highest BCUT2D eigenvalue weighted by molar-refractivity contribution is 5.96. The molecule has 25 heavy (non-hydrogen) atoms. The van der Waals surface area contributed by atoms with Crippen molar-refractivity contribution in [2.75, 3.05) is 14.2 Å². The first kappa shape index (κ1) is 18.5. The molecule has 0 amide bonds. The Balaban J connectivity index is 2.08. The van der Waals surface area contributed by atoms with Crippen LogP contribution in [0.1, 0.15) is 41.3 Å². The summed E-state index contributed by atoms with van der Waals surface area (Å²) in [7, 11) is 2.77. The van der Waals surface area contributed by atoms with Crippen molar-refractivity contribution < 1.29 is 18.4 Å². The molecule has 2 rings (SSSR count). The molecule has 7 heteroatoms. The third-order valence-electron chi connectivity index (χ3n) is 3.37. The van der Waals surface area contributed by atoms with Crippen molar-refractivity contribution in [2.24, 2.45) is 5.16 Å². The molecule has 2 aromatic rings. The van der Waals surface area contributed by atoms with Crippen LogP contribution in [0, 0.1) is 25.7 Å². The Kier molecular flexibility index (Phi) is 6.52. The molecule has 0 saturated heterocycles. The first-order chi connectivity index (χ1) is 12.0. The van der Waals surface area contributed by atoms with E-state index in [0.29, 0.717) is 35.9 Å². The van der Waals surface area contributed by atoms with Gasteiger partial charge in [0.15, 0.2) is 0 Å². The molecule has 0 unspecified atom stereocenters. The summed E-state index contributed by atoms with van der Waals surface area (Å²) in [4.78, 5) is 4.50. The van der Waals surface area contributed by atoms with E-state index in [9.17, 15) is 4.39 Å². The predicted molar refractivity (Wildman–Crippen MR) is 91.2 cm³/mol. The van der Waals surface area contributed by atoms with Gasteiger partial charge in [0, 0.05) is 25.3 Å². The van der Waals surface area contributed by atoms with Crippen molar-refractivity contribution in [3.8, 4) is 17.6 Å². The number of methoxy groups -OCH3 is 1. The molecule has 1 heterocycles. The average Bonchev–Trinajstić information content (AvgIpc) is 2.99. The molecule has 0 fully saturated rings. The average molecular weight is 345 g/mol. The topological polar surface area (TPSA) is 69.7 Å². The summed E-state index contributed by atoms with van der Waals surface area (Å²) < 4.78 is 24.6. The van der Waals surface area contributed by atoms with E-state index in [0.717, 1.165) is 12.0 Å². The van der Waals surface area contributed by atoms with Crippen molar-refractivity contribution in [1.29, 1.82) is 0 Å². The first-order valence-electron chi connectivity index (χ1n) is 7.78. The first-order valence-corrected chi connectivity index (χ1v) is 7.78. The molecule has 0 aliphatic carbocycles. The predicted octanol–water partition coefficient (Wildman–Crippen LogP) is 3.35. The molecule has 0 radical (unpaired) electrons. The van der Waals surface area contributed by atoms with Crippen LogP contribution in [0.15, 0.2) is 21.7 Å². The fraction of sp³-hybridized carbons (Fsp3) is 0.389. The van der Waals surface area contributed by atoms with Gasteiger partial charge >= 0.3 is 0 Å². The van der Waals surface area contributed by atoms with E-state index in [4.69, 9.17) is 9.15 Å². The van der Waals surface area contributed by atoms with Gasteiger partial charge in [0.25, 0.3) is 5.97 Å². The van der Waals surface area contributed by atoms with E-state index in [2.05, 4.69) is 32.0 Å². The van der Waals surface area contributed by atoms with Gasteiger partial charge in [-0.3, -0.25) is 0 Å². The number of aryl methyl sites for hydroxylation is 3. The molecular formula is C18H20FN3O3. The largest absolute Gasteiger partial charge is 0.496 e. The van der Waals surface area contributed by atoms with E-state index in [-0.39, 0.29) is 5.56 Å². The fourth-order valence-electron chi connectivity index (χ4n) is 2.33. The number of oxime groups is 1. The Bertz CT molecular complexity index is 819. The Morgan fingerprint density at radius 1 is 1.28 bits per heavy atom. The molecule has 6 nitrogen and oxygen atoms in total. The highest BCUT2D eigenvalue weighted by atomic mass is 19.1. The summed E-state index contributed by atoms with van der Waals surface area (Å²) in [5, 5.41) is 11.0. The Labute approximate surface area is 146 Å². The second-order valence-corrected chi connectivity index (χ2v) is 5.31. The minimum Gasteiger partial charge on any atom is -0.496 e. The van der Waals surface area contributed by atoms with Gasteiger partial charge in [-0.05, 0) is 31.0 Å². The third kappa shape index (κ3) is 5.05. The molecule has 0 saturated carbocycles. The number of ether oxygens (including phenoxy) is 1. The van der Waals surface area contributed by atoms with Gasteiger partial charge in [-0.25, -0.2) is 0 Å². The van der Waals surface area contributed by atoms with E-state index in [1.54, 1.807) is 13.0 Å². The van der Waals surface area contributed by atoms with Gasteiger partial charge in [-0.15, -0.1) is 10.2 Å². The minimum atomic E-state index is -0.752. The maximum Gasteiger partial charge on any atom is 0.260 e. The molecule has 0 atom stereocenters. The number of hydrogen-bond donors (Lipinski definition) is 0. The van der Waals surface area contributed by atoms with Crippen molar-refractivity contribution in [3.63, 3.8) is 0 Å². The lowest BCUT2D eigenvalue weighted by molar-refractivity contribution is 0.209. The minimum absolute atomic E-state index is 0.218. The van der Waals surface area contributed by atoms with Gasteiger partial charge in [-0.1, -0.05) is 17.0 Å². The van der Waals surface area contributed by atoms with Crippen LogP contribution < -0.4 is 4.74 Å². The number of benzene rings is 1. The maximum absolute atomic E-state index is 14.0. The standard InChI is InChI=1S/C18H20FN3O3/c1-12-10-14(11-15(17(12)23-3)18(19)22-24-4)8-6-5-7-9-16-21-20-13(2)25-16/h10-11H,5,7,9H2,1-4H3. The SMILES string of the molecule is CON=C(F)c1cc(C#CCCCc2nnc(C)o2)cc(C)c1OC. The van der Waals surface area contributed by atoms with Crippen LogP contribution in [0.25, 0.3) is 0 Å². The number of hydrogen-bond acceptors (Lipinski definition) is 6. The Morgan fingerprint density at radius 3 is 2.72 bits per heavy atom. The summed E-state index contributed by atoms with van der Waals surface area (Å²) in [6.07, 6.45) is 2.14. The smallest absolute Gasteiger partial charge is 0.260 e. The zero-order valence-electron chi connectivity index (χ0n) is 14.7. The van der Waals surface area contributed by atoms with Crippen LogP contribution in [0.5, 0.6) is 5.75 Å². The van der Waals surface area contributed by atoms with Gasteiger partial charge in [0.1, 0.15) is 12.9 Å². The molecule has 1 aromatic heterocycles. The molecule has 0 bridgehead atoms. The van der Waals surface area contributed by atoms with E-state index < -0.39 is 5.97 Å². The second-order valence-electron chi connectivity index (χ2n) is 5.31. The highest BCUT2D eigenvalue weighted by Crippen LogP contribution is 2.26. The summed E-state index contributed by atoms with van der Waals surface area (Å²) in [5.74, 6) is 6.93. The molecule has 0 aliphatic rings. The number of rotatable bonds is 6. The molecular weight excluding hydrogens is 325 g/mol. The number of unbranched alkanes of at least 4 members (excludes halogenated alkanes) is 1. The fourth-order valence-corrected chi connectivity index (χ4v) is 2.33. The van der Waals surface area contributed by atoms with Crippen LogP contribution in [-0.2, 0) is 11.3 Å². The third-order valence-corrected chi connectivity index (χ3v) is 3.37. The van der Waals surface area contributed by atoms with Gasteiger partial charge in [-0.2, -0.15) is 4.39 Å². The summed E-state index contributed by atoms with van der Waals surface area (Å²) in [6.45, 7) is 3.58. The molecule has 1 aromatic carbocycles. The summed E-state index contributed by atoms with van der Waals surface area (Å²) in [6, 6.07) is 3.44. The summed E-state index contributed by atoms with van der Waals surface area (Å²) >= 11 is 0. The lowest BCUT2D eigenvalue weighted by atomic mass is 10.0. The van der Waals surface area contributed by atoms with Crippen molar-refractivity contribution in [1.82, 2.24) is 10.2 Å². The normalized spacial score (nSPS) is 11.0. The van der Waals surface area contributed by atoms with E-state index >= 15 is 0 Å². The maximum atomic E-state index is 14.0. The number of halogens is 1. The quantitative estimate of drug-likeness (QED) is 0.347.